The minimum absolute atomic E-state index is 0.407. The quantitative estimate of drug-likeness (QED) is 0.595. The fraction of sp³-hybridized carbons (Fsp3) is 0.182. The van der Waals surface area contributed by atoms with Gasteiger partial charge in [0.15, 0.2) is 0 Å². The van der Waals surface area contributed by atoms with E-state index in [1.807, 2.05) is 0 Å². The Morgan fingerprint density at radius 3 is 2.15 bits per heavy atom. The maximum Gasteiger partial charge on any atom is 0.326 e. The molecule has 0 bridgehead atoms. The smallest absolute Gasteiger partial charge is 0.326 e. The summed E-state index contributed by atoms with van der Waals surface area (Å²) < 4.78 is 1.18. The van der Waals surface area contributed by atoms with Crippen molar-refractivity contribution in [3.05, 3.63) is 27.1 Å². The molecule has 0 radical (unpaired) electrons. The molecule has 1 atom stereocenters. The highest BCUT2D eigenvalue weighted by Gasteiger charge is 2.23. The van der Waals surface area contributed by atoms with Gasteiger partial charge in [-0.2, -0.15) is 0 Å². The third-order valence-electron chi connectivity index (χ3n) is 2.18. The summed E-state index contributed by atoms with van der Waals surface area (Å²) in [5.74, 6) is -2.74. The minimum Gasteiger partial charge on any atom is -0.481 e. The number of carbonyl (C=O) groups is 3. The van der Waals surface area contributed by atoms with E-state index >= 15 is 0 Å². The van der Waals surface area contributed by atoms with Crippen molar-refractivity contribution in [3.63, 3.8) is 0 Å². The van der Waals surface area contributed by atoms with Crippen molar-refractivity contribution >= 4 is 55.5 Å². The van der Waals surface area contributed by atoms with Gasteiger partial charge in [-0.05, 0) is 44.0 Å². The number of hydrogen-bond donors (Lipinski definition) is 4. The molecule has 0 spiro atoms. The van der Waals surface area contributed by atoms with Gasteiger partial charge in [0.25, 0.3) is 0 Å². The van der Waals surface area contributed by atoms with Gasteiger partial charge in [0, 0.05) is 8.95 Å². The summed E-state index contributed by atoms with van der Waals surface area (Å²) in [5, 5.41) is 21.9. The Kier molecular flexibility index (Phi) is 5.96. The second kappa shape index (κ2) is 7.25. The number of carboxylic acids is 2. The van der Waals surface area contributed by atoms with E-state index in [2.05, 4.69) is 42.5 Å². The number of aliphatic carboxylic acids is 2. The van der Waals surface area contributed by atoms with Gasteiger partial charge in [0.05, 0.1) is 12.1 Å². The van der Waals surface area contributed by atoms with Gasteiger partial charge < -0.3 is 20.8 Å². The summed E-state index contributed by atoms with van der Waals surface area (Å²) in [5.41, 5.74) is 0.407. The first kappa shape index (κ1) is 16.4. The predicted molar refractivity (Wildman–Crippen MR) is 77.7 cm³/mol. The highest BCUT2D eigenvalue weighted by molar-refractivity contribution is 9.11. The molecule has 9 heteroatoms. The largest absolute Gasteiger partial charge is 0.481 e. The van der Waals surface area contributed by atoms with Crippen LogP contribution in [-0.2, 0) is 9.59 Å². The van der Waals surface area contributed by atoms with E-state index in [1.54, 1.807) is 18.2 Å². The zero-order valence-electron chi connectivity index (χ0n) is 9.89. The molecule has 0 aromatic heterocycles. The van der Waals surface area contributed by atoms with Crippen LogP contribution in [-0.4, -0.2) is 34.2 Å². The van der Waals surface area contributed by atoms with Crippen molar-refractivity contribution in [2.75, 3.05) is 5.32 Å². The number of carboxylic acid groups (broad SMARTS) is 2. The standard InChI is InChI=1S/C11H10Br2N2O5/c12-5-2-1-3-6(13)9(5)15-11(20)14-7(10(18)19)4-8(16)17/h1-3,7H,4H2,(H,16,17)(H,18,19)(H2,14,15,20)/t7-/m0/s1. The molecule has 108 valence electrons. The lowest BCUT2D eigenvalue weighted by molar-refractivity contribution is -0.145. The molecular formula is C11H10Br2N2O5. The number of urea groups is 1. The molecule has 1 aromatic rings. The van der Waals surface area contributed by atoms with Gasteiger partial charge in [0.1, 0.15) is 6.04 Å². The van der Waals surface area contributed by atoms with Crippen molar-refractivity contribution in [1.82, 2.24) is 5.32 Å². The fourth-order valence-corrected chi connectivity index (χ4v) is 2.50. The van der Waals surface area contributed by atoms with Crippen molar-refractivity contribution in [1.29, 1.82) is 0 Å². The molecule has 0 aliphatic carbocycles. The van der Waals surface area contributed by atoms with E-state index in [0.29, 0.717) is 14.6 Å². The summed E-state index contributed by atoms with van der Waals surface area (Å²) in [4.78, 5) is 33.0. The van der Waals surface area contributed by atoms with Crippen molar-refractivity contribution in [2.45, 2.75) is 12.5 Å². The first-order chi connectivity index (χ1) is 9.31. The van der Waals surface area contributed by atoms with Crippen LogP contribution in [0.15, 0.2) is 27.1 Å². The van der Waals surface area contributed by atoms with E-state index in [0.717, 1.165) is 0 Å². The van der Waals surface area contributed by atoms with Crippen LogP contribution in [0.2, 0.25) is 0 Å². The Balaban J connectivity index is 2.76. The molecule has 0 unspecified atom stereocenters. The molecule has 0 aliphatic rings. The summed E-state index contributed by atoms with van der Waals surface area (Å²) in [6.07, 6.45) is -0.708. The summed E-state index contributed by atoms with van der Waals surface area (Å²) in [6.45, 7) is 0. The zero-order valence-corrected chi connectivity index (χ0v) is 13.1. The van der Waals surface area contributed by atoms with Gasteiger partial charge in [-0.25, -0.2) is 9.59 Å². The number of para-hydroxylation sites is 1. The first-order valence-corrected chi connectivity index (χ1v) is 6.86. The molecule has 0 aliphatic heterocycles. The third-order valence-corrected chi connectivity index (χ3v) is 3.51. The number of amides is 2. The highest BCUT2D eigenvalue weighted by Crippen LogP contribution is 2.30. The van der Waals surface area contributed by atoms with Gasteiger partial charge in [-0.3, -0.25) is 4.79 Å². The molecule has 1 aromatic carbocycles. The van der Waals surface area contributed by atoms with E-state index in [9.17, 15) is 14.4 Å². The molecule has 0 saturated heterocycles. The highest BCUT2D eigenvalue weighted by atomic mass is 79.9. The van der Waals surface area contributed by atoms with E-state index < -0.39 is 30.4 Å². The predicted octanol–water partition coefficient (Wildman–Crippen LogP) is 2.26. The van der Waals surface area contributed by atoms with Crippen LogP contribution in [0.25, 0.3) is 0 Å². The van der Waals surface area contributed by atoms with Crippen molar-refractivity contribution in [3.8, 4) is 0 Å². The second-order valence-electron chi connectivity index (χ2n) is 3.68. The molecule has 4 N–H and O–H groups in total. The topological polar surface area (TPSA) is 116 Å². The Morgan fingerprint density at radius 2 is 1.70 bits per heavy atom. The van der Waals surface area contributed by atoms with Crippen molar-refractivity contribution in [2.24, 2.45) is 0 Å². The molecule has 20 heavy (non-hydrogen) atoms. The second-order valence-corrected chi connectivity index (χ2v) is 5.39. The molecular weight excluding hydrogens is 400 g/mol. The van der Waals surface area contributed by atoms with Crippen LogP contribution >= 0.6 is 31.9 Å². The molecule has 2 amide bonds. The van der Waals surface area contributed by atoms with Crippen LogP contribution in [0.3, 0.4) is 0 Å². The maximum atomic E-state index is 11.7. The minimum atomic E-state index is -1.51. The number of nitrogens with one attached hydrogen (secondary N) is 2. The Labute approximate surface area is 130 Å². The fourth-order valence-electron chi connectivity index (χ4n) is 1.30. The van der Waals surface area contributed by atoms with Crippen LogP contribution in [0.4, 0.5) is 10.5 Å². The van der Waals surface area contributed by atoms with Crippen LogP contribution in [0, 0.1) is 0 Å². The van der Waals surface area contributed by atoms with E-state index in [-0.39, 0.29) is 0 Å². The average Bonchev–Trinajstić information content (AvgIpc) is 2.32. The molecule has 0 saturated carbocycles. The number of carbonyl (C=O) groups excluding carboxylic acids is 1. The number of halogens is 2. The SMILES string of the molecule is O=C(O)C[C@H](NC(=O)Nc1c(Br)cccc1Br)C(=O)O. The van der Waals surface area contributed by atoms with Gasteiger partial charge in [-0.1, -0.05) is 6.07 Å². The average molecular weight is 410 g/mol. The maximum absolute atomic E-state index is 11.7. The third kappa shape index (κ3) is 4.82. The van der Waals surface area contributed by atoms with Gasteiger partial charge >= 0.3 is 18.0 Å². The van der Waals surface area contributed by atoms with Crippen LogP contribution < -0.4 is 10.6 Å². The summed E-state index contributed by atoms with van der Waals surface area (Å²) in [7, 11) is 0. The molecule has 0 fully saturated rings. The Bertz CT molecular complexity index is 529. The lowest BCUT2D eigenvalue weighted by Gasteiger charge is -2.14. The zero-order chi connectivity index (χ0) is 15.3. The first-order valence-electron chi connectivity index (χ1n) is 5.27. The number of anilines is 1. The van der Waals surface area contributed by atoms with Gasteiger partial charge in [0.2, 0.25) is 0 Å². The van der Waals surface area contributed by atoms with E-state index in [1.165, 1.54) is 0 Å². The summed E-state index contributed by atoms with van der Waals surface area (Å²) >= 11 is 6.46. The number of benzene rings is 1. The number of rotatable bonds is 5. The molecule has 7 nitrogen and oxygen atoms in total. The summed E-state index contributed by atoms with van der Waals surface area (Å²) in [6, 6.07) is 2.79. The Morgan fingerprint density at radius 1 is 1.15 bits per heavy atom. The van der Waals surface area contributed by atoms with E-state index in [4.69, 9.17) is 10.2 Å². The normalized spacial score (nSPS) is 11.5. The molecule has 0 heterocycles. The van der Waals surface area contributed by atoms with Crippen LogP contribution in [0.1, 0.15) is 6.42 Å². The number of hydrogen-bond acceptors (Lipinski definition) is 3. The monoisotopic (exact) mass is 408 g/mol. The van der Waals surface area contributed by atoms with Crippen molar-refractivity contribution < 1.29 is 24.6 Å². The lowest BCUT2D eigenvalue weighted by atomic mass is 10.2. The molecule has 1 rings (SSSR count). The lowest BCUT2D eigenvalue weighted by Crippen LogP contribution is -2.44. The van der Waals surface area contributed by atoms with Gasteiger partial charge in [-0.15, -0.1) is 0 Å². The van der Waals surface area contributed by atoms with Crippen LogP contribution in [0.5, 0.6) is 0 Å². The Hall–Kier alpha value is -1.61.